The van der Waals surface area contributed by atoms with Crippen molar-refractivity contribution >= 4 is 17.6 Å². The fraction of sp³-hybridized carbons (Fsp3) is 0.250. The summed E-state index contributed by atoms with van der Waals surface area (Å²) in [6.45, 7) is 2.94. The van der Waals surface area contributed by atoms with E-state index in [1.807, 2.05) is 0 Å². The topological polar surface area (TPSA) is 77.8 Å². The molecule has 0 unspecified atom stereocenters. The molecule has 0 aliphatic heterocycles. The van der Waals surface area contributed by atoms with E-state index in [1.165, 1.54) is 31.4 Å². The highest BCUT2D eigenvalue weighted by Gasteiger charge is 2.31. The summed E-state index contributed by atoms with van der Waals surface area (Å²) in [6.07, 6.45) is -4.59. The Labute approximate surface area is 140 Å². The Bertz CT molecular complexity index is 752. The molecule has 0 fully saturated rings. The van der Waals surface area contributed by atoms with E-state index in [0.717, 1.165) is 12.1 Å². The second-order valence-corrected chi connectivity index (χ2v) is 5.00. The highest BCUT2D eigenvalue weighted by Crippen LogP contribution is 2.24. The molecule has 0 spiro atoms. The average molecular weight is 357 g/mol. The van der Waals surface area contributed by atoms with Gasteiger partial charge < -0.3 is 19.2 Å². The highest BCUT2D eigenvalue weighted by molar-refractivity contribution is 5.97. The minimum Gasteiger partial charge on any atom is -0.469 e. The maximum atomic E-state index is 12.1. The first-order valence-electron chi connectivity index (χ1n) is 7.07. The summed E-state index contributed by atoms with van der Waals surface area (Å²) in [7, 11) is 0. The number of ether oxygens (including phenoxy) is 2. The van der Waals surface area contributed by atoms with E-state index in [-0.39, 0.29) is 11.3 Å². The number of halogens is 3. The van der Waals surface area contributed by atoms with E-state index >= 15 is 0 Å². The van der Waals surface area contributed by atoms with Crippen LogP contribution in [0.25, 0.3) is 0 Å². The fourth-order valence-electron chi connectivity index (χ4n) is 1.86. The second kappa shape index (κ2) is 7.29. The van der Waals surface area contributed by atoms with Crippen molar-refractivity contribution in [3.63, 3.8) is 0 Å². The molecule has 1 heterocycles. The summed E-state index contributed by atoms with van der Waals surface area (Å²) in [6, 6.07) is 5.98. The van der Waals surface area contributed by atoms with Crippen LogP contribution < -0.4 is 10.1 Å². The van der Waals surface area contributed by atoms with Crippen LogP contribution >= 0.6 is 0 Å². The number of amides is 1. The molecule has 2 rings (SSSR count). The number of furan rings is 1. The van der Waals surface area contributed by atoms with E-state index in [4.69, 9.17) is 9.15 Å². The summed E-state index contributed by atoms with van der Waals surface area (Å²) >= 11 is 0. The van der Waals surface area contributed by atoms with Crippen LogP contribution in [-0.2, 0) is 9.53 Å². The zero-order chi connectivity index (χ0) is 18.6. The van der Waals surface area contributed by atoms with Gasteiger partial charge in [-0.2, -0.15) is 0 Å². The monoisotopic (exact) mass is 357 g/mol. The third kappa shape index (κ3) is 5.27. The molecule has 1 amide bonds. The molecule has 9 heteroatoms. The largest absolute Gasteiger partial charge is 0.573 e. The number of nitrogens with one attached hydrogen (secondary N) is 1. The highest BCUT2D eigenvalue weighted by atomic mass is 19.4. The lowest BCUT2D eigenvalue weighted by Crippen LogP contribution is -2.30. The Morgan fingerprint density at radius 3 is 2.32 bits per heavy atom. The number of alkyl halides is 3. The smallest absolute Gasteiger partial charge is 0.469 e. The summed E-state index contributed by atoms with van der Waals surface area (Å²) in [4.78, 5) is 23.9. The van der Waals surface area contributed by atoms with Gasteiger partial charge >= 0.3 is 12.3 Å². The van der Waals surface area contributed by atoms with Crippen LogP contribution in [0.15, 0.2) is 41.0 Å². The first kappa shape index (κ1) is 18.4. The van der Waals surface area contributed by atoms with Crippen LogP contribution in [0.4, 0.5) is 18.9 Å². The van der Waals surface area contributed by atoms with Crippen molar-refractivity contribution in [3.8, 4) is 5.75 Å². The van der Waals surface area contributed by atoms with Crippen LogP contribution in [0.1, 0.15) is 23.0 Å². The van der Waals surface area contributed by atoms with E-state index in [2.05, 4.69) is 10.1 Å². The maximum Gasteiger partial charge on any atom is 0.573 e. The molecule has 1 atom stereocenters. The SMILES string of the molecule is Cc1occc1C(=O)O[C@@H](C)C(=O)Nc1ccc(OC(F)(F)F)cc1. The van der Waals surface area contributed by atoms with Gasteiger partial charge in [-0.1, -0.05) is 0 Å². The summed E-state index contributed by atoms with van der Waals surface area (Å²) in [5.74, 6) is -1.42. The van der Waals surface area contributed by atoms with Crippen molar-refractivity contribution in [1.29, 1.82) is 0 Å². The Morgan fingerprint density at radius 1 is 1.16 bits per heavy atom. The summed E-state index contributed by atoms with van der Waals surface area (Å²) < 4.78 is 49.9. The van der Waals surface area contributed by atoms with Gasteiger partial charge in [0, 0.05) is 5.69 Å². The number of anilines is 1. The van der Waals surface area contributed by atoms with Crippen molar-refractivity contribution in [2.45, 2.75) is 26.3 Å². The van der Waals surface area contributed by atoms with E-state index in [0.29, 0.717) is 5.76 Å². The van der Waals surface area contributed by atoms with Crippen LogP contribution in [0.5, 0.6) is 5.75 Å². The number of rotatable bonds is 5. The summed E-state index contributed by atoms with van der Waals surface area (Å²) in [5, 5.41) is 2.42. The minimum atomic E-state index is -4.79. The minimum absolute atomic E-state index is 0.202. The normalized spacial score (nSPS) is 12.4. The van der Waals surface area contributed by atoms with Gasteiger partial charge in [0.1, 0.15) is 17.1 Å². The van der Waals surface area contributed by atoms with Gasteiger partial charge in [0.15, 0.2) is 6.10 Å². The number of benzene rings is 1. The van der Waals surface area contributed by atoms with Gasteiger partial charge in [-0.25, -0.2) is 4.79 Å². The van der Waals surface area contributed by atoms with Crippen molar-refractivity contribution in [2.24, 2.45) is 0 Å². The molecule has 134 valence electrons. The summed E-state index contributed by atoms with van der Waals surface area (Å²) in [5.41, 5.74) is 0.426. The van der Waals surface area contributed by atoms with Crippen LogP contribution in [0.3, 0.4) is 0 Å². The molecule has 1 aromatic heterocycles. The number of hydrogen-bond acceptors (Lipinski definition) is 5. The lowest BCUT2D eigenvalue weighted by atomic mass is 10.2. The molecule has 1 aromatic carbocycles. The lowest BCUT2D eigenvalue weighted by Gasteiger charge is -2.14. The van der Waals surface area contributed by atoms with Crippen molar-refractivity contribution in [2.75, 3.05) is 5.32 Å². The van der Waals surface area contributed by atoms with Crippen LogP contribution in [0, 0.1) is 6.92 Å². The van der Waals surface area contributed by atoms with Gasteiger partial charge in [0.25, 0.3) is 5.91 Å². The molecule has 0 saturated heterocycles. The molecule has 2 aromatic rings. The lowest BCUT2D eigenvalue weighted by molar-refractivity contribution is -0.274. The molecule has 0 aliphatic rings. The molecule has 0 radical (unpaired) electrons. The predicted molar refractivity (Wildman–Crippen MR) is 80.1 cm³/mol. The molecule has 1 N–H and O–H groups in total. The Morgan fingerprint density at radius 2 is 1.80 bits per heavy atom. The third-order valence-electron chi connectivity index (χ3n) is 3.09. The van der Waals surface area contributed by atoms with Gasteiger partial charge in [-0.05, 0) is 44.2 Å². The number of aryl methyl sites for hydroxylation is 1. The van der Waals surface area contributed by atoms with Crippen LogP contribution in [-0.4, -0.2) is 24.3 Å². The molecular formula is C16H14F3NO5. The fourth-order valence-corrected chi connectivity index (χ4v) is 1.86. The molecule has 0 aliphatic carbocycles. The quantitative estimate of drug-likeness (QED) is 0.826. The van der Waals surface area contributed by atoms with Gasteiger partial charge in [-0.3, -0.25) is 4.79 Å². The van der Waals surface area contributed by atoms with Gasteiger partial charge in [-0.15, -0.1) is 13.2 Å². The molecule has 6 nitrogen and oxygen atoms in total. The molecule has 0 saturated carbocycles. The van der Waals surface area contributed by atoms with E-state index in [9.17, 15) is 22.8 Å². The van der Waals surface area contributed by atoms with E-state index < -0.39 is 30.1 Å². The zero-order valence-corrected chi connectivity index (χ0v) is 13.2. The number of esters is 1. The first-order chi connectivity index (χ1) is 11.7. The Hall–Kier alpha value is -2.97. The number of carbonyl (C=O) groups is 2. The Balaban J connectivity index is 1.92. The second-order valence-electron chi connectivity index (χ2n) is 5.00. The van der Waals surface area contributed by atoms with Crippen molar-refractivity contribution in [1.82, 2.24) is 0 Å². The predicted octanol–water partition coefficient (Wildman–Crippen LogP) is 3.67. The standard InChI is InChI=1S/C16H14F3NO5/c1-9-13(7-8-23-9)15(22)24-10(2)14(21)20-11-3-5-12(6-4-11)25-16(17,18)19/h3-8,10H,1-2H3,(H,20,21)/t10-/m0/s1. The van der Waals surface area contributed by atoms with Crippen LogP contribution in [0.2, 0.25) is 0 Å². The Kier molecular flexibility index (Phi) is 5.35. The van der Waals surface area contributed by atoms with E-state index in [1.54, 1.807) is 6.92 Å². The van der Waals surface area contributed by atoms with Crippen molar-refractivity contribution in [3.05, 3.63) is 47.9 Å². The van der Waals surface area contributed by atoms with Gasteiger partial charge in [0.05, 0.1) is 6.26 Å². The molecular weight excluding hydrogens is 343 g/mol. The van der Waals surface area contributed by atoms with Crippen molar-refractivity contribution < 1.29 is 36.7 Å². The molecule has 0 bridgehead atoms. The molecule has 25 heavy (non-hydrogen) atoms. The number of hydrogen-bond donors (Lipinski definition) is 1. The average Bonchev–Trinajstić information content (AvgIpc) is 2.94. The maximum absolute atomic E-state index is 12.1. The number of carbonyl (C=O) groups excluding carboxylic acids is 2. The van der Waals surface area contributed by atoms with Gasteiger partial charge in [0.2, 0.25) is 0 Å². The zero-order valence-electron chi connectivity index (χ0n) is 13.2. The first-order valence-corrected chi connectivity index (χ1v) is 7.07. The third-order valence-corrected chi connectivity index (χ3v) is 3.09.